The number of aliphatic imine (C=N–C) groups is 1. The third-order valence-electron chi connectivity index (χ3n) is 4.25. The van der Waals surface area contributed by atoms with Crippen molar-refractivity contribution in [1.82, 2.24) is 5.01 Å². The molecule has 0 atom stereocenters. The molecule has 2 aromatic rings. The second-order valence-electron chi connectivity index (χ2n) is 6.25. The smallest absolute Gasteiger partial charge is 0.352 e. The van der Waals surface area contributed by atoms with E-state index < -0.39 is 6.03 Å². The summed E-state index contributed by atoms with van der Waals surface area (Å²) < 4.78 is 11.5. The molecule has 10 heteroatoms. The normalized spacial score (nSPS) is 11.2. The Morgan fingerprint density at radius 1 is 1.13 bits per heavy atom. The molecule has 8 nitrogen and oxygen atoms in total. The maximum atomic E-state index is 12.2. The fourth-order valence-corrected chi connectivity index (χ4v) is 4.30. The molecule has 0 fully saturated rings. The van der Waals surface area contributed by atoms with E-state index in [-0.39, 0.29) is 0 Å². The lowest BCUT2D eigenvalue weighted by molar-refractivity contribution is 0.216. The van der Waals surface area contributed by atoms with E-state index in [1.807, 2.05) is 43.5 Å². The fraction of sp³-hybridized carbons (Fsp3) is 0.300. The molecule has 0 aliphatic rings. The van der Waals surface area contributed by atoms with Crippen molar-refractivity contribution in [2.24, 2.45) is 16.7 Å². The van der Waals surface area contributed by atoms with Crippen molar-refractivity contribution >= 4 is 45.3 Å². The summed E-state index contributed by atoms with van der Waals surface area (Å²) in [6.07, 6.45) is 1.97. The highest BCUT2D eigenvalue weighted by atomic mass is 32.2. The Hall–Kier alpha value is -2.40. The first-order chi connectivity index (χ1) is 14.3. The van der Waals surface area contributed by atoms with Gasteiger partial charge in [-0.15, -0.1) is 11.8 Å². The van der Waals surface area contributed by atoms with Crippen LogP contribution in [0.2, 0.25) is 0 Å². The highest BCUT2D eigenvalue weighted by molar-refractivity contribution is 8.38. The Morgan fingerprint density at radius 3 is 2.43 bits per heavy atom. The van der Waals surface area contributed by atoms with Crippen LogP contribution < -0.4 is 26.2 Å². The van der Waals surface area contributed by atoms with Crippen molar-refractivity contribution in [3.05, 3.63) is 47.5 Å². The number of amides is 2. The van der Waals surface area contributed by atoms with E-state index in [4.69, 9.17) is 26.2 Å². The van der Waals surface area contributed by atoms with Crippen LogP contribution in [0.25, 0.3) is 0 Å². The minimum atomic E-state index is -0.504. The Labute approximate surface area is 185 Å². The number of hydrogen-bond donors (Lipinski definition) is 2. The third-order valence-corrected chi connectivity index (χ3v) is 6.32. The van der Waals surface area contributed by atoms with Crippen LogP contribution in [0.3, 0.4) is 0 Å². The molecule has 0 aliphatic carbocycles. The predicted molar refractivity (Wildman–Crippen MR) is 127 cm³/mol. The number of thioether (sulfide) groups is 2. The van der Waals surface area contributed by atoms with E-state index in [2.05, 4.69) is 0 Å². The third kappa shape index (κ3) is 5.82. The molecule has 2 amide bonds. The second-order valence-corrected chi connectivity index (χ2v) is 8.26. The molecule has 0 radical (unpaired) electrons. The molecule has 0 spiro atoms. The summed E-state index contributed by atoms with van der Waals surface area (Å²) in [6, 6.07) is 10.6. The Morgan fingerprint density at radius 2 is 1.83 bits per heavy atom. The summed E-state index contributed by atoms with van der Waals surface area (Å²) in [7, 11) is 4.64. The SMILES string of the molecule is COc1ccc(N=C(SC)SCc2c(C)cccc2N(N)C(=O)N(C)N)cc1OC. The Kier molecular flexibility index (Phi) is 8.85. The van der Waals surface area contributed by atoms with Crippen LogP contribution in [-0.4, -0.2) is 42.9 Å². The largest absolute Gasteiger partial charge is 0.493 e. The van der Waals surface area contributed by atoms with Gasteiger partial charge in [0, 0.05) is 18.9 Å². The number of rotatable bonds is 6. The molecule has 0 unspecified atom stereocenters. The lowest BCUT2D eigenvalue weighted by Crippen LogP contribution is -2.49. The van der Waals surface area contributed by atoms with E-state index in [0.29, 0.717) is 22.9 Å². The average Bonchev–Trinajstić information content (AvgIpc) is 2.75. The van der Waals surface area contributed by atoms with E-state index in [9.17, 15) is 4.79 Å². The predicted octanol–water partition coefficient (Wildman–Crippen LogP) is 3.90. The number of benzene rings is 2. The average molecular weight is 450 g/mol. The number of anilines is 1. The van der Waals surface area contributed by atoms with Gasteiger partial charge in [0.25, 0.3) is 0 Å². The zero-order valence-corrected chi connectivity index (χ0v) is 19.3. The highest BCUT2D eigenvalue weighted by Crippen LogP contribution is 2.34. The number of aryl methyl sites for hydroxylation is 1. The first kappa shape index (κ1) is 23.9. The van der Waals surface area contributed by atoms with Gasteiger partial charge in [0.15, 0.2) is 11.5 Å². The van der Waals surface area contributed by atoms with Gasteiger partial charge in [-0.1, -0.05) is 23.9 Å². The molecule has 162 valence electrons. The molecule has 0 aliphatic heterocycles. The lowest BCUT2D eigenvalue weighted by atomic mass is 10.1. The van der Waals surface area contributed by atoms with Gasteiger partial charge in [0.2, 0.25) is 0 Å². The molecular formula is C20H27N5O3S2. The maximum absolute atomic E-state index is 12.2. The van der Waals surface area contributed by atoms with Gasteiger partial charge in [0.1, 0.15) is 4.38 Å². The number of hydrazine groups is 2. The number of ether oxygens (including phenoxy) is 2. The standard InChI is InChI=1S/C20H27N5O3S2/c1-13-7-6-8-16(25(22)20(26)24(2)21)15(13)12-30-19(29-5)23-14-9-10-17(27-3)18(11-14)28-4/h6-11H,12,21-22H2,1-5H3. The van der Waals surface area contributed by atoms with Crippen LogP contribution >= 0.6 is 23.5 Å². The Balaban J connectivity index is 2.27. The van der Waals surface area contributed by atoms with Crippen LogP contribution in [0.5, 0.6) is 11.5 Å². The highest BCUT2D eigenvalue weighted by Gasteiger charge is 2.19. The summed E-state index contributed by atoms with van der Waals surface area (Å²) in [6.45, 7) is 1.98. The van der Waals surface area contributed by atoms with Crippen molar-refractivity contribution in [1.29, 1.82) is 0 Å². The molecule has 0 aromatic heterocycles. The van der Waals surface area contributed by atoms with Crippen molar-refractivity contribution in [3.63, 3.8) is 0 Å². The van der Waals surface area contributed by atoms with E-state index in [1.54, 1.807) is 32.0 Å². The van der Waals surface area contributed by atoms with Crippen molar-refractivity contribution in [2.75, 3.05) is 32.5 Å². The molecular weight excluding hydrogens is 422 g/mol. The summed E-state index contributed by atoms with van der Waals surface area (Å²) >= 11 is 3.10. The number of methoxy groups -OCH3 is 2. The zero-order valence-electron chi connectivity index (χ0n) is 17.7. The van der Waals surface area contributed by atoms with Gasteiger partial charge in [-0.3, -0.25) is 5.01 Å². The number of carbonyl (C=O) groups is 1. The Bertz CT molecular complexity index is 921. The minimum absolute atomic E-state index is 0.504. The van der Waals surface area contributed by atoms with Gasteiger partial charge in [0.05, 0.1) is 25.6 Å². The van der Waals surface area contributed by atoms with E-state index in [1.165, 1.54) is 18.8 Å². The quantitative estimate of drug-likeness (QED) is 0.226. The number of nitrogens with two attached hydrogens (primary N) is 2. The molecule has 0 saturated heterocycles. The zero-order chi connectivity index (χ0) is 22.3. The van der Waals surface area contributed by atoms with Crippen molar-refractivity contribution < 1.29 is 14.3 Å². The first-order valence-electron chi connectivity index (χ1n) is 8.95. The van der Waals surface area contributed by atoms with Gasteiger partial charge in [-0.25, -0.2) is 26.5 Å². The van der Waals surface area contributed by atoms with Crippen LogP contribution in [-0.2, 0) is 5.75 Å². The molecule has 2 rings (SSSR count). The molecule has 30 heavy (non-hydrogen) atoms. The summed E-state index contributed by atoms with van der Waals surface area (Å²) in [5, 5.41) is 2.01. The van der Waals surface area contributed by atoms with E-state index in [0.717, 1.165) is 31.2 Å². The van der Waals surface area contributed by atoms with Crippen LogP contribution in [0.4, 0.5) is 16.2 Å². The number of urea groups is 1. The summed E-state index contributed by atoms with van der Waals surface area (Å²) in [5.74, 6) is 13.4. The van der Waals surface area contributed by atoms with Gasteiger partial charge in [-0.05, 0) is 42.5 Å². The number of carbonyl (C=O) groups excluding carboxylic acids is 1. The summed E-state index contributed by atoms with van der Waals surface area (Å²) in [5.41, 5.74) is 3.33. The molecule has 4 N–H and O–H groups in total. The monoisotopic (exact) mass is 449 g/mol. The number of hydrogen-bond acceptors (Lipinski definition) is 8. The molecule has 0 saturated carbocycles. The molecule has 0 heterocycles. The van der Waals surface area contributed by atoms with Crippen LogP contribution in [0.15, 0.2) is 41.4 Å². The topological polar surface area (TPSA) is 106 Å². The van der Waals surface area contributed by atoms with Crippen molar-refractivity contribution in [2.45, 2.75) is 12.7 Å². The van der Waals surface area contributed by atoms with Gasteiger partial charge >= 0.3 is 6.03 Å². The first-order valence-corrected chi connectivity index (χ1v) is 11.2. The second kappa shape index (κ2) is 11.1. The molecule has 2 aromatic carbocycles. The van der Waals surface area contributed by atoms with Crippen LogP contribution in [0, 0.1) is 6.92 Å². The van der Waals surface area contributed by atoms with Gasteiger partial charge in [-0.2, -0.15) is 0 Å². The van der Waals surface area contributed by atoms with Crippen LogP contribution in [0.1, 0.15) is 11.1 Å². The van der Waals surface area contributed by atoms with Crippen molar-refractivity contribution in [3.8, 4) is 11.5 Å². The lowest BCUT2D eigenvalue weighted by Gasteiger charge is -2.24. The van der Waals surface area contributed by atoms with E-state index >= 15 is 0 Å². The fourth-order valence-electron chi connectivity index (χ4n) is 2.64. The number of nitrogens with zero attached hydrogens (tertiary/aromatic N) is 3. The minimum Gasteiger partial charge on any atom is -0.493 e. The summed E-state index contributed by atoms with van der Waals surface area (Å²) in [4.78, 5) is 16.9. The van der Waals surface area contributed by atoms with Gasteiger partial charge < -0.3 is 9.47 Å². The maximum Gasteiger partial charge on any atom is 0.352 e. The molecule has 0 bridgehead atoms.